The number of benzene rings is 2. The van der Waals surface area contributed by atoms with Crippen LogP contribution < -0.4 is 15.7 Å². The molecule has 0 radical (unpaired) electrons. The Bertz CT molecular complexity index is 995. The molecule has 0 bridgehead atoms. The molecular weight excluding hydrogens is 337 g/mol. The van der Waals surface area contributed by atoms with Gasteiger partial charge in [-0.25, -0.2) is 9.18 Å². The van der Waals surface area contributed by atoms with Crippen LogP contribution >= 0.6 is 0 Å². The van der Waals surface area contributed by atoms with Crippen LogP contribution in [-0.4, -0.2) is 12.0 Å². The number of hydrogen-bond donors (Lipinski definition) is 1. The van der Waals surface area contributed by atoms with E-state index in [1.807, 2.05) is 6.92 Å². The molecule has 134 valence electrons. The third-order valence-electron chi connectivity index (χ3n) is 3.98. The molecule has 0 aliphatic heterocycles. The van der Waals surface area contributed by atoms with Crippen LogP contribution in [0, 0.1) is 5.82 Å². The molecule has 0 saturated heterocycles. The number of anilines is 1. The lowest BCUT2D eigenvalue weighted by atomic mass is 10.1. The van der Waals surface area contributed by atoms with Gasteiger partial charge >= 0.3 is 5.63 Å². The number of nitrogens with one attached hydrogen (secondary N) is 1. The van der Waals surface area contributed by atoms with Gasteiger partial charge in [0.25, 0.3) is 5.91 Å². The third-order valence-corrected chi connectivity index (χ3v) is 3.98. The molecule has 0 spiro atoms. The van der Waals surface area contributed by atoms with Gasteiger partial charge in [-0.2, -0.15) is 0 Å². The Labute approximate surface area is 149 Å². The number of amides is 1. The van der Waals surface area contributed by atoms with Crippen molar-refractivity contribution in [2.75, 3.05) is 5.32 Å². The van der Waals surface area contributed by atoms with E-state index in [1.165, 1.54) is 30.3 Å². The molecule has 0 aliphatic rings. The number of carbonyl (C=O) groups is 1. The minimum Gasteiger partial charge on any atom is -0.481 e. The fourth-order valence-electron chi connectivity index (χ4n) is 2.61. The van der Waals surface area contributed by atoms with Gasteiger partial charge in [-0.3, -0.25) is 4.79 Å². The molecule has 6 heteroatoms. The maximum Gasteiger partial charge on any atom is 0.336 e. The van der Waals surface area contributed by atoms with Gasteiger partial charge < -0.3 is 14.5 Å². The zero-order valence-corrected chi connectivity index (χ0v) is 14.4. The molecular formula is C20H18FNO4. The highest BCUT2D eigenvalue weighted by Gasteiger charge is 2.16. The lowest BCUT2D eigenvalue weighted by Crippen LogP contribution is -2.30. The second-order valence-corrected chi connectivity index (χ2v) is 5.86. The van der Waals surface area contributed by atoms with Crippen molar-refractivity contribution < 1.29 is 18.3 Å². The Balaban J connectivity index is 1.76. The van der Waals surface area contributed by atoms with Crippen molar-refractivity contribution in [1.82, 2.24) is 0 Å². The molecule has 0 aliphatic carbocycles. The van der Waals surface area contributed by atoms with E-state index in [2.05, 4.69) is 5.32 Å². The molecule has 1 aromatic heterocycles. The molecule has 1 atom stereocenters. The molecule has 0 saturated carbocycles. The van der Waals surface area contributed by atoms with Crippen molar-refractivity contribution >= 4 is 22.6 Å². The van der Waals surface area contributed by atoms with Crippen LogP contribution in [0.1, 0.15) is 19.4 Å². The van der Waals surface area contributed by atoms with Gasteiger partial charge in [0, 0.05) is 23.2 Å². The molecule has 0 fully saturated rings. The summed E-state index contributed by atoms with van der Waals surface area (Å²) in [6.07, 6.45) is -0.0859. The van der Waals surface area contributed by atoms with E-state index in [-0.39, 0.29) is 11.7 Å². The summed E-state index contributed by atoms with van der Waals surface area (Å²) in [6, 6.07) is 12.1. The highest BCUT2D eigenvalue weighted by atomic mass is 19.1. The quantitative estimate of drug-likeness (QED) is 0.705. The molecule has 1 amide bonds. The monoisotopic (exact) mass is 355 g/mol. The van der Waals surface area contributed by atoms with Crippen LogP contribution in [0.4, 0.5) is 10.1 Å². The summed E-state index contributed by atoms with van der Waals surface area (Å²) in [5, 5.41) is 3.49. The second kappa shape index (κ2) is 7.39. The fraction of sp³-hybridized carbons (Fsp3) is 0.200. The van der Waals surface area contributed by atoms with Crippen LogP contribution in [0.2, 0.25) is 0 Å². The zero-order valence-electron chi connectivity index (χ0n) is 14.4. The summed E-state index contributed by atoms with van der Waals surface area (Å²) in [4.78, 5) is 23.9. The number of carbonyl (C=O) groups excluding carboxylic acids is 1. The minimum atomic E-state index is -0.793. The summed E-state index contributed by atoms with van der Waals surface area (Å²) < 4.78 is 23.8. The Morgan fingerprint density at radius 2 is 1.92 bits per heavy atom. The molecule has 26 heavy (non-hydrogen) atoms. The van der Waals surface area contributed by atoms with E-state index in [0.29, 0.717) is 23.4 Å². The van der Waals surface area contributed by atoms with Gasteiger partial charge in [-0.05, 0) is 55.3 Å². The molecule has 1 heterocycles. The average Bonchev–Trinajstić information content (AvgIpc) is 2.62. The summed E-state index contributed by atoms with van der Waals surface area (Å²) >= 11 is 0. The Kier molecular flexibility index (Phi) is 5.02. The largest absolute Gasteiger partial charge is 0.481 e. The second-order valence-electron chi connectivity index (χ2n) is 5.86. The van der Waals surface area contributed by atoms with Gasteiger partial charge in [0.2, 0.25) is 0 Å². The number of rotatable bonds is 5. The smallest absolute Gasteiger partial charge is 0.336 e. The van der Waals surface area contributed by atoms with Crippen molar-refractivity contribution in [2.45, 2.75) is 26.4 Å². The zero-order chi connectivity index (χ0) is 18.7. The predicted molar refractivity (Wildman–Crippen MR) is 97.0 cm³/mol. The first-order valence-corrected chi connectivity index (χ1v) is 8.26. The van der Waals surface area contributed by atoms with Crippen LogP contribution in [0.3, 0.4) is 0 Å². The molecule has 1 N–H and O–H groups in total. The molecule has 5 nitrogen and oxygen atoms in total. The fourth-order valence-corrected chi connectivity index (χ4v) is 2.61. The first-order valence-electron chi connectivity index (χ1n) is 8.26. The van der Waals surface area contributed by atoms with E-state index < -0.39 is 11.7 Å². The lowest BCUT2D eigenvalue weighted by Gasteiger charge is -2.15. The van der Waals surface area contributed by atoms with E-state index in [9.17, 15) is 14.0 Å². The SMILES string of the molecule is CCc1cc(=O)oc2cc(OC(C)C(=O)Nc3ccc(F)cc3)ccc12. The maximum atomic E-state index is 12.9. The maximum absolute atomic E-state index is 12.9. The van der Waals surface area contributed by atoms with Gasteiger partial charge in [0.05, 0.1) is 0 Å². The van der Waals surface area contributed by atoms with E-state index >= 15 is 0 Å². The highest BCUT2D eigenvalue weighted by Crippen LogP contribution is 2.24. The highest BCUT2D eigenvalue weighted by molar-refractivity contribution is 5.94. The molecule has 3 aromatic rings. The van der Waals surface area contributed by atoms with Crippen LogP contribution in [0.15, 0.2) is 57.7 Å². The topological polar surface area (TPSA) is 68.5 Å². The predicted octanol–water partition coefficient (Wildman–Crippen LogP) is 3.90. The number of aryl methyl sites for hydroxylation is 1. The minimum absolute atomic E-state index is 0.375. The average molecular weight is 355 g/mol. The van der Waals surface area contributed by atoms with E-state index in [1.54, 1.807) is 25.1 Å². The Morgan fingerprint density at radius 1 is 1.19 bits per heavy atom. The number of ether oxygens (including phenoxy) is 1. The van der Waals surface area contributed by atoms with Crippen molar-refractivity contribution in [3.05, 3.63) is 70.3 Å². The van der Waals surface area contributed by atoms with Crippen LogP contribution in [0.5, 0.6) is 5.75 Å². The molecule has 3 rings (SSSR count). The van der Waals surface area contributed by atoms with Gasteiger partial charge in [-0.15, -0.1) is 0 Å². The molecule has 2 aromatic carbocycles. The summed E-state index contributed by atoms with van der Waals surface area (Å²) in [5.74, 6) is -0.340. The van der Waals surface area contributed by atoms with Gasteiger partial charge in [-0.1, -0.05) is 6.92 Å². The Morgan fingerprint density at radius 3 is 2.62 bits per heavy atom. The van der Waals surface area contributed by atoms with E-state index in [4.69, 9.17) is 9.15 Å². The van der Waals surface area contributed by atoms with Crippen LogP contribution in [-0.2, 0) is 11.2 Å². The number of hydrogen-bond acceptors (Lipinski definition) is 4. The van der Waals surface area contributed by atoms with Crippen molar-refractivity contribution in [3.63, 3.8) is 0 Å². The lowest BCUT2D eigenvalue weighted by molar-refractivity contribution is -0.122. The summed E-state index contributed by atoms with van der Waals surface area (Å²) in [5.41, 5.74) is 1.36. The van der Waals surface area contributed by atoms with E-state index in [0.717, 1.165) is 10.9 Å². The normalized spacial score (nSPS) is 12.0. The first kappa shape index (κ1) is 17.7. The van der Waals surface area contributed by atoms with Crippen molar-refractivity contribution in [2.24, 2.45) is 0 Å². The van der Waals surface area contributed by atoms with Crippen molar-refractivity contribution in [1.29, 1.82) is 0 Å². The standard InChI is InChI=1S/C20H18FNO4/c1-3-13-10-19(23)26-18-11-16(8-9-17(13)18)25-12(2)20(24)22-15-6-4-14(21)5-7-15/h4-12H,3H2,1-2H3,(H,22,24). The number of fused-ring (bicyclic) bond motifs is 1. The Hall–Kier alpha value is -3.15. The van der Waals surface area contributed by atoms with Gasteiger partial charge in [0.15, 0.2) is 6.10 Å². The van der Waals surface area contributed by atoms with Crippen LogP contribution in [0.25, 0.3) is 11.0 Å². The summed E-state index contributed by atoms with van der Waals surface area (Å²) in [7, 11) is 0. The van der Waals surface area contributed by atoms with Gasteiger partial charge in [0.1, 0.15) is 17.1 Å². The number of halogens is 1. The van der Waals surface area contributed by atoms with Crippen molar-refractivity contribution in [3.8, 4) is 5.75 Å². The third kappa shape index (κ3) is 3.91. The summed E-state index contributed by atoms with van der Waals surface area (Å²) in [6.45, 7) is 3.56. The first-order chi connectivity index (χ1) is 12.5. The molecule has 1 unspecified atom stereocenters.